The van der Waals surface area contributed by atoms with Crippen LogP contribution in [0.5, 0.6) is 0 Å². The van der Waals surface area contributed by atoms with Gasteiger partial charge in [0.1, 0.15) is 5.60 Å². The smallest absolute Gasteiger partial charge is 0.410 e. The van der Waals surface area contributed by atoms with Crippen molar-refractivity contribution in [3.05, 3.63) is 0 Å². The van der Waals surface area contributed by atoms with E-state index < -0.39 is 5.60 Å². The molecule has 1 aliphatic heterocycles. The van der Waals surface area contributed by atoms with Gasteiger partial charge in [-0.05, 0) is 53.4 Å². The molecule has 25 heavy (non-hydrogen) atoms. The lowest BCUT2D eigenvalue weighted by atomic mass is 9.97. The fourth-order valence-electron chi connectivity index (χ4n) is 2.87. The van der Waals surface area contributed by atoms with Gasteiger partial charge in [0.05, 0.1) is 6.61 Å². The summed E-state index contributed by atoms with van der Waals surface area (Å²) in [7, 11) is 1.61. The van der Waals surface area contributed by atoms with Crippen LogP contribution in [0.25, 0.3) is 0 Å². The Morgan fingerprint density at radius 3 is 2.56 bits per heavy atom. The van der Waals surface area contributed by atoms with Crippen LogP contribution in [0.3, 0.4) is 0 Å². The molecule has 1 fully saturated rings. The van der Waals surface area contributed by atoms with E-state index in [-0.39, 0.29) is 24.1 Å². The van der Waals surface area contributed by atoms with Crippen LogP contribution in [0, 0.1) is 5.92 Å². The first-order valence-electron chi connectivity index (χ1n) is 9.15. The first-order valence-corrected chi connectivity index (χ1v) is 9.15. The van der Waals surface area contributed by atoms with E-state index in [4.69, 9.17) is 9.47 Å². The first-order chi connectivity index (χ1) is 11.6. The van der Waals surface area contributed by atoms with Crippen molar-refractivity contribution in [3.63, 3.8) is 0 Å². The first kappa shape index (κ1) is 21.5. The molecule has 1 aliphatic rings. The van der Waals surface area contributed by atoms with Crippen LogP contribution in [0.2, 0.25) is 0 Å². The minimum absolute atomic E-state index is 0.0563. The molecule has 0 aliphatic carbocycles. The molecule has 0 aromatic heterocycles. The van der Waals surface area contributed by atoms with Crippen molar-refractivity contribution in [2.45, 2.75) is 59.1 Å². The van der Waals surface area contributed by atoms with E-state index in [2.05, 4.69) is 5.32 Å². The highest BCUT2D eigenvalue weighted by atomic mass is 16.6. The molecule has 7 heteroatoms. The molecule has 0 aromatic rings. The monoisotopic (exact) mass is 357 g/mol. The summed E-state index contributed by atoms with van der Waals surface area (Å²) in [5, 5.41) is 2.86. The molecule has 0 aromatic carbocycles. The molecular formula is C18H35N3O4. The van der Waals surface area contributed by atoms with Crippen molar-refractivity contribution in [1.29, 1.82) is 0 Å². The van der Waals surface area contributed by atoms with Gasteiger partial charge in [-0.2, -0.15) is 0 Å². The number of ether oxygens (including phenoxy) is 2. The molecule has 0 radical (unpaired) electrons. The Hall–Kier alpha value is -1.50. The molecule has 0 unspecified atom stereocenters. The van der Waals surface area contributed by atoms with Crippen molar-refractivity contribution < 1.29 is 19.1 Å². The maximum Gasteiger partial charge on any atom is 0.410 e. The van der Waals surface area contributed by atoms with Crippen LogP contribution in [0.1, 0.15) is 47.5 Å². The fourth-order valence-corrected chi connectivity index (χ4v) is 2.87. The van der Waals surface area contributed by atoms with Gasteiger partial charge >= 0.3 is 12.1 Å². The number of carbonyl (C=O) groups excluding carboxylic acids is 2. The summed E-state index contributed by atoms with van der Waals surface area (Å²) in [6.45, 7) is 12.6. The van der Waals surface area contributed by atoms with Gasteiger partial charge in [0.2, 0.25) is 0 Å². The number of hydrogen-bond acceptors (Lipinski definition) is 4. The van der Waals surface area contributed by atoms with Crippen molar-refractivity contribution >= 4 is 12.1 Å². The number of piperidine rings is 1. The number of rotatable bonds is 6. The molecule has 1 atom stereocenters. The summed E-state index contributed by atoms with van der Waals surface area (Å²) in [5.41, 5.74) is -0.510. The Balaban J connectivity index is 2.60. The van der Waals surface area contributed by atoms with E-state index in [1.165, 1.54) is 0 Å². The lowest BCUT2D eigenvalue weighted by molar-refractivity contribution is 0.0131. The topological polar surface area (TPSA) is 71.1 Å². The maximum atomic E-state index is 12.5. The zero-order valence-electron chi connectivity index (χ0n) is 16.6. The predicted molar refractivity (Wildman–Crippen MR) is 97.6 cm³/mol. The molecule has 0 saturated carbocycles. The second-order valence-corrected chi connectivity index (χ2v) is 7.91. The number of methoxy groups -OCH3 is 1. The van der Waals surface area contributed by atoms with Crippen LogP contribution in [-0.2, 0) is 9.47 Å². The predicted octanol–water partition coefficient (Wildman–Crippen LogP) is 2.70. The molecule has 1 saturated heterocycles. The highest BCUT2D eigenvalue weighted by Gasteiger charge is 2.30. The van der Waals surface area contributed by atoms with Gasteiger partial charge in [-0.25, -0.2) is 9.59 Å². The Kier molecular flexibility index (Phi) is 8.48. The Morgan fingerprint density at radius 2 is 2.00 bits per heavy atom. The number of nitrogens with one attached hydrogen (secondary N) is 1. The van der Waals surface area contributed by atoms with Gasteiger partial charge < -0.3 is 24.6 Å². The zero-order chi connectivity index (χ0) is 19.0. The van der Waals surface area contributed by atoms with E-state index in [1.807, 2.05) is 39.5 Å². The Labute approximate surface area is 152 Å². The number of likely N-dealkylation sites (tertiary alicyclic amines) is 1. The van der Waals surface area contributed by atoms with Gasteiger partial charge in [0.25, 0.3) is 0 Å². The Morgan fingerprint density at radius 1 is 1.32 bits per heavy atom. The van der Waals surface area contributed by atoms with E-state index in [1.54, 1.807) is 12.0 Å². The fraction of sp³-hybridized carbons (Fsp3) is 0.889. The quantitative estimate of drug-likeness (QED) is 0.742. The second-order valence-electron chi connectivity index (χ2n) is 7.91. The number of amides is 3. The third-order valence-electron chi connectivity index (χ3n) is 4.09. The third-order valence-corrected chi connectivity index (χ3v) is 4.09. The summed E-state index contributed by atoms with van der Waals surface area (Å²) in [5.74, 6) is 0.261. The Bertz CT molecular complexity index is 435. The third kappa shape index (κ3) is 7.94. The normalized spacial score (nSPS) is 18.2. The molecule has 1 N–H and O–H groups in total. The van der Waals surface area contributed by atoms with Crippen LogP contribution >= 0.6 is 0 Å². The van der Waals surface area contributed by atoms with Gasteiger partial charge in [-0.15, -0.1) is 0 Å². The molecule has 0 bridgehead atoms. The van der Waals surface area contributed by atoms with Crippen molar-refractivity contribution in [2.75, 3.05) is 39.9 Å². The van der Waals surface area contributed by atoms with Crippen molar-refractivity contribution in [2.24, 2.45) is 5.92 Å². The number of urea groups is 1. The summed E-state index contributed by atoms with van der Waals surface area (Å²) < 4.78 is 10.5. The van der Waals surface area contributed by atoms with Crippen LogP contribution in [-0.4, -0.2) is 73.5 Å². The average molecular weight is 357 g/mol. The van der Waals surface area contributed by atoms with E-state index in [0.29, 0.717) is 26.2 Å². The van der Waals surface area contributed by atoms with Crippen LogP contribution in [0.4, 0.5) is 9.59 Å². The minimum Gasteiger partial charge on any atom is -0.444 e. The highest BCUT2D eigenvalue weighted by molar-refractivity contribution is 5.74. The molecule has 1 heterocycles. The van der Waals surface area contributed by atoms with Gasteiger partial charge in [0.15, 0.2) is 0 Å². The van der Waals surface area contributed by atoms with E-state index in [0.717, 1.165) is 19.4 Å². The largest absolute Gasteiger partial charge is 0.444 e. The molecule has 146 valence electrons. The highest BCUT2D eigenvalue weighted by Crippen LogP contribution is 2.20. The lowest BCUT2D eigenvalue weighted by Crippen LogP contribution is -2.50. The van der Waals surface area contributed by atoms with E-state index in [9.17, 15) is 9.59 Å². The van der Waals surface area contributed by atoms with Crippen LogP contribution < -0.4 is 5.32 Å². The number of carbonyl (C=O) groups is 2. The number of hydrogen-bond donors (Lipinski definition) is 1. The molecule has 7 nitrogen and oxygen atoms in total. The zero-order valence-corrected chi connectivity index (χ0v) is 16.6. The van der Waals surface area contributed by atoms with Crippen molar-refractivity contribution in [1.82, 2.24) is 15.1 Å². The molecule has 0 spiro atoms. The lowest BCUT2D eigenvalue weighted by Gasteiger charge is -2.37. The average Bonchev–Trinajstić information content (AvgIpc) is 2.51. The molecule has 3 amide bonds. The van der Waals surface area contributed by atoms with Gasteiger partial charge in [-0.3, -0.25) is 0 Å². The summed E-state index contributed by atoms with van der Waals surface area (Å²) >= 11 is 0. The van der Waals surface area contributed by atoms with E-state index >= 15 is 0 Å². The summed E-state index contributed by atoms with van der Waals surface area (Å²) in [6, 6.07) is -0.00382. The molecule has 1 rings (SSSR count). The summed E-state index contributed by atoms with van der Waals surface area (Å²) in [6.07, 6.45) is 1.67. The SMILES string of the molecule is COCCNC(=O)N1CCC[C@H](CN(C(=O)OC(C)(C)C)C(C)C)C1. The maximum absolute atomic E-state index is 12.5. The van der Waals surface area contributed by atoms with Crippen LogP contribution in [0.15, 0.2) is 0 Å². The molecular weight excluding hydrogens is 322 g/mol. The van der Waals surface area contributed by atoms with Crippen molar-refractivity contribution in [3.8, 4) is 0 Å². The van der Waals surface area contributed by atoms with Gasteiger partial charge in [-0.1, -0.05) is 0 Å². The number of nitrogens with zero attached hydrogens (tertiary/aromatic N) is 2. The standard InChI is InChI=1S/C18H35N3O4/c1-14(2)21(17(23)25-18(3,4)5)13-15-8-7-10-20(12-15)16(22)19-9-11-24-6/h14-15H,7-13H2,1-6H3,(H,19,22)/t15-/m0/s1. The minimum atomic E-state index is -0.510. The second kappa shape index (κ2) is 9.85. The summed E-state index contributed by atoms with van der Waals surface area (Å²) in [4.78, 5) is 28.3. The van der Waals surface area contributed by atoms with Gasteiger partial charge in [0, 0.05) is 39.3 Å².